The number of ether oxygens (including phenoxy) is 1. The molecule has 0 aliphatic carbocycles. The number of carbonyl (C=O) groups excluding carboxylic acids is 2. The highest BCUT2D eigenvalue weighted by Gasteiger charge is 2.39. The van der Waals surface area contributed by atoms with Gasteiger partial charge in [0, 0.05) is 30.4 Å². The van der Waals surface area contributed by atoms with Gasteiger partial charge in [-0.15, -0.1) is 0 Å². The molecular formula is C19H20FN3O3. The van der Waals surface area contributed by atoms with Crippen LogP contribution in [0.3, 0.4) is 0 Å². The second kappa shape index (κ2) is 7.21. The number of morpholine rings is 1. The molecule has 0 spiro atoms. The molecule has 2 amide bonds. The number of pyridine rings is 1. The van der Waals surface area contributed by atoms with E-state index in [0.717, 1.165) is 5.56 Å². The van der Waals surface area contributed by atoms with Crippen LogP contribution in [0.2, 0.25) is 0 Å². The van der Waals surface area contributed by atoms with Crippen LogP contribution >= 0.6 is 0 Å². The molecule has 1 fully saturated rings. The van der Waals surface area contributed by atoms with E-state index >= 15 is 0 Å². The van der Waals surface area contributed by atoms with E-state index in [2.05, 4.69) is 4.98 Å². The van der Waals surface area contributed by atoms with Gasteiger partial charge in [0.15, 0.2) is 5.60 Å². The SMILES string of the molecule is CC1(C(N)=O)CN(C(=O)c2ccnc(Cc3cccc(F)c3)c2)CCO1. The molecule has 1 aliphatic rings. The maximum atomic E-state index is 13.3. The highest BCUT2D eigenvalue weighted by Crippen LogP contribution is 2.20. The summed E-state index contributed by atoms with van der Waals surface area (Å²) >= 11 is 0. The number of nitrogens with zero attached hydrogens (tertiary/aromatic N) is 2. The summed E-state index contributed by atoms with van der Waals surface area (Å²) in [5.74, 6) is -1.13. The molecule has 1 aliphatic heterocycles. The standard InChI is InChI=1S/C19H20FN3O3/c1-19(18(21)25)12-23(7-8-26-19)17(24)14-5-6-22-16(11-14)10-13-3-2-4-15(20)9-13/h2-6,9,11H,7-8,10,12H2,1H3,(H2,21,25). The number of rotatable bonds is 4. The van der Waals surface area contributed by atoms with E-state index in [1.165, 1.54) is 12.1 Å². The predicted octanol–water partition coefficient (Wildman–Crippen LogP) is 1.53. The van der Waals surface area contributed by atoms with Crippen molar-refractivity contribution in [1.29, 1.82) is 0 Å². The third-order valence-electron chi connectivity index (χ3n) is 4.42. The third kappa shape index (κ3) is 3.88. The Morgan fingerprint density at radius 1 is 1.35 bits per heavy atom. The Morgan fingerprint density at radius 2 is 2.15 bits per heavy atom. The molecule has 1 aromatic carbocycles. The van der Waals surface area contributed by atoms with E-state index in [9.17, 15) is 14.0 Å². The maximum Gasteiger partial charge on any atom is 0.254 e. The molecule has 6 nitrogen and oxygen atoms in total. The molecule has 1 unspecified atom stereocenters. The maximum absolute atomic E-state index is 13.3. The van der Waals surface area contributed by atoms with Crippen LogP contribution in [0.1, 0.15) is 28.5 Å². The number of primary amides is 1. The topological polar surface area (TPSA) is 85.5 Å². The Labute approximate surface area is 150 Å². The lowest BCUT2D eigenvalue weighted by molar-refractivity contribution is -0.150. The smallest absolute Gasteiger partial charge is 0.254 e. The zero-order valence-electron chi connectivity index (χ0n) is 14.4. The molecule has 1 saturated heterocycles. The zero-order valence-corrected chi connectivity index (χ0v) is 14.4. The van der Waals surface area contributed by atoms with Crippen LogP contribution in [-0.2, 0) is 16.0 Å². The Bertz CT molecular complexity index is 842. The van der Waals surface area contributed by atoms with E-state index in [0.29, 0.717) is 24.2 Å². The molecule has 0 bridgehead atoms. The Hall–Kier alpha value is -2.80. The predicted molar refractivity (Wildman–Crippen MR) is 92.9 cm³/mol. The summed E-state index contributed by atoms with van der Waals surface area (Å²) < 4.78 is 18.8. The average molecular weight is 357 g/mol. The highest BCUT2D eigenvalue weighted by molar-refractivity contribution is 5.95. The minimum absolute atomic E-state index is 0.0999. The monoisotopic (exact) mass is 357 g/mol. The van der Waals surface area contributed by atoms with E-state index in [1.807, 2.05) is 0 Å². The van der Waals surface area contributed by atoms with Gasteiger partial charge in [-0.3, -0.25) is 14.6 Å². The molecular weight excluding hydrogens is 337 g/mol. The lowest BCUT2D eigenvalue weighted by atomic mass is 10.0. The van der Waals surface area contributed by atoms with Gasteiger partial charge in [-0.05, 0) is 36.8 Å². The summed E-state index contributed by atoms with van der Waals surface area (Å²) in [6, 6.07) is 9.57. The molecule has 136 valence electrons. The fourth-order valence-corrected chi connectivity index (χ4v) is 2.94. The van der Waals surface area contributed by atoms with Crippen molar-refractivity contribution in [2.45, 2.75) is 18.9 Å². The minimum atomic E-state index is -1.19. The number of hydrogen-bond donors (Lipinski definition) is 1. The molecule has 26 heavy (non-hydrogen) atoms. The Balaban J connectivity index is 1.77. The van der Waals surface area contributed by atoms with Crippen molar-refractivity contribution in [2.24, 2.45) is 5.73 Å². The number of carbonyl (C=O) groups is 2. The van der Waals surface area contributed by atoms with Gasteiger partial charge in [0.1, 0.15) is 5.82 Å². The number of halogens is 1. The van der Waals surface area contributed by atoms with E-state index < -0.39 is 11.5 Å². The van der Waals surface area contributed by atoms with Crippen molar-refractivity contribution in [3.8, 4) is 0 Å². The summed E-state index contributed by atoms with van der Waals surface area (Å²) in [5, 5.41) is 0. The third-order valence-corrected chi connectivity index (χ3v) is 4.42. The Kier molecular flexibility index (Phi) is 4.99. The molecule has 0 saturated carbocycles. The number of amides is 2. The summed E-state index contributed by atoms with van der Waals surface area (Å²) in [6.07, 6.45) is 1.97. The van der Waals surface area contributed by atoms with Gasteiger partial charge < -0.3 is 15.4 Å². The Morgan fingerprint density at radius 3 is 2.88 bits per heavy atom. The molecule has 1 aromatic heterocycles. The zero-order chi connectivity index (χ0) is 18.7. The van der Waals surface area contributed by atoms with Crippen LogP contribution in [0, 0.1) is 5.82 Å². The summed E-state index contributed by atoms with van der Waals surface area (Å²) in [6.45, 7) is 2.30. The van der Waals surface area contributed by atoms with Crippen molar-refractivity contribution in [2.75, 3.05) is 19.7 Å². The second-order valence-electron chi connectivity index (χ2n) is 6.51. The number of benzene rings is 1. The lowest BCUT2D eigenvalue weighted by Crippen LogP contribution is -2.58. The number of nitrogens with two attached hydrogens (primary N) is 1. The first-order valence-corrected chi connectivity index (χ1v) is 8.30. The number of hydrogen-bond acceptors (Lipinski definition) is 4. The first-order chi connectivity index (χ1) is 12.4. The average Bonchev–Trinajstić information content (AvgIpc) is 2.61. The quantitative estimate of drug-likeness (QED) is 0.899. The molecule has 7 heteroatoms. The van der Waals surface area contributed by atoms with E-state index in [-0.39, 0.29) is 24.9 Å². The molecule has 2 heterocycles. The minimum Gasteiger partial charge on any atom is -0.367 e. The van der Waals surface area contributed by atoms with Crippen LogP contribution in [0.25, 0.3) is 0 Å². The van der Waals surface area contributed by atoms with Gasteiger partial charge in [-0.25, -0.2) is 4.39 Å². The summed E-state index contributed by atoms with van der Waals surface area (Å²) in [4.78, 5) is 30.2. The van der Waals surface area contributed by atoms with Gasteiger partial charge in [0.2, 0.25) is 0 Å². The van der Waals surface area contributed by atoms with Gasteiger partial charge in [0.25, 0.3) is 11.8 Å². The second-order valence-corrected chi connectivity index (χ2v) is 6.51. The van der Waals surface area contributed by atoms with Crippen molar-refractivity contribution in [3.05, 3.63) is 65.2 Å². The van der Waals surface area contributed by atoms with Crippen molar-refractivity contribution in [3.63, 3.8) is 0 Å². The normalized spacial score (nSPS) is 20.0. The largest absolute Gasteiger partial charge is 0.367 e. The van der Waals surface area contributed by atoms with Crippen LogP contribution in [0.5, 0.6) is 0 Å². The van der Waals surface area contributed by atoms with Crippen LogP contribution in [0.4, 0.5) is 4.39 Å². The van der Waals surface area contributed by atoms with Gasteiger partial charge in [-0.2, -0.15) is 0 Å². The highest BCUT2D eigenvalue weighted by atomic mass is 19.1. The van der Waals surface area contributed by atoms with Gasteiger partial charge in [0.05, 0.1) is 13.2 Å². The molecule has 2 aromatic rings. The van der Waals surface area contributed by atoms with Crippen LogP contribution < -0.4 is 5.73 Å². The fraction of sp³-hybridized carbons (Fsp3) is 0.316. The molecule has 2 N–H and O–H groups in total. The lowest BCUT2D eigenvalue weighted by Gasteiger charge is -2.38. The van der Waals surface area contributed by atoms with Gasteiger partial charge in [-0.1, -0.05) is 12.1 Å². The molecule has 3 rings (SSSR count). The van der Waals surface area contributed by atoms with Gasteiger partial charge >= 0.3 is 0 Å². The van der Waals surface area contributed by atoms with E-state index in [1.54, 1.807) is 42.3 Å². The fourth-order valence-electron chi connectivity index (χ4n) is 2.94. The van der Waals surface area contributed by atoms with Crippen molar-refractivity contribution in [1.82, 2.24) is 9.88 Å². The molecule has 1 atom stereocenters. The van der Waals surface area contributed by atoms with Crippen LogP contribution in [0.15, 0.2) is 42.6 Å². The molecule has 0 radical (unpaired) electrons. The number of aromatic nitrogens is 1. The van der Waals surface area contributed by atoms with Crippen molar-refractivity contribution < 1.29 is 18.7 Å². The summed E-state index contributed by atoms with van der Waals surface area (Å²) in [5.41, 5.74) is 6.08. The summed E-state index contributed by atoms with van der Waals surface area (Å²) in [7, 11) is 0. The van der Waals surface area contributed by atoms with Crippen LogP contribution in [-0.4, -0.2) is 47.0 Å². The van der Waals surface area contributed by atoms with Crippen molar-refractivity contribution >= 4 is 11.8 Å². The first-order valence-electron chi connectivity index (χ1n) is 8.30. The van der Waals surface area contributed by atoms with E-state index in [4.69, 9.17) is 10.5 Å². The first kappa shape index (κ1) is 18.0.